The number of nitrogens with one attached hydrogen (secondary N) is 1. The lowest BCUT2D eigenvalue weighted by molar-refractivity contribution is 0.0954. The van der Waals surface area contributed by atoms with Crippen LogP contribution in [-0.2, 0) is 0 Å². The fraction of sp³-hybridized carbons (Fsp3) is 0.364. The first kappa shape index (κ1) is 12.0. The van der Waals surface area contributed by atoms with Gasteiger partial charge in [0.05, 0.1) is 5.56 Å². The number of nitrogen functional groups attached to an aromatic ring is 1. The Morgan fingerprint density at radius 3 is 2.80 bits per heavy atom. The first-order valence-electron chi connectivity index (χ1n) is 4.90. The van der Waals surface area contributed by atoms with Gasteiger partial charge in [0.2, 0.25) is 0 Å². The van der Waals surface area contributed by atoms with Crippen LogP contribution in [0.4, 0.5) is 5.69 Å². The summed E-state index contributed by atoms with van der Waals surface area (Å²) in [6, 6.07) is 3.64. The lowest BCUT2D eigenvalue weighted by atomic mass is 10.1. The van der Waals surface area contributed by atoms with Gasteiger partial charge in [-0.15, -0.1) is 0 Å². The molecule has 1 aromatic carbocycles. The Kier molecular flexibility index (Phi) is 4.15. The maximum absolute atomic E-state index is 11.7. The summed E-state index contributed by atoms with van der Waals surface area (Å²) in [4.78, 5) is 11.7. The molecule has 0 heterocycles. The number of rotatable bonds is 3. The zero-order valence-electron chi connectivity index (χ0n) is 8.93. The summed E-state index contributed by atoms with van der Waals surface area (Å²) < 4.78 is 0.871. The molecule has 0 saturated heterocycles. The average Bonchev–Trinajstić information content (AvgIpc) is 2.19. The number of hydrogen-bond donors (Lipinski definition) is 2. The number of carbonyl (C=O) groups excluding carboxylic acids is 1. The minimum Gasteiger partial charge on any atom is -0.398 e. The van der Waals surface area contributed by atoms with Crippen LogP contribution < -0.4 is 11.1 Å². The fourth-order valence-corrected chi connectivity index (χ4v) is 1.85. The number of nitrogens with two attached hydrogens (primary N) is 1. The lowest BCUT2D eigenvalue weighted by Gasteiger charge is -2.09. The number of anilines is 1. The smallest absolute Gasteiger partial charge is 0.253 e. The van der Waals surface area contributed by atoms with E-state index in [0.29, 0.717) is 17.8 Å². The summed E-state index contributed by atoms with van der Waals surface area (Å²) >= 11 is 3.35. The zero-order valence-corrected chi connectivity index (χ0v) is 10.5. The molecule has 0 saturated carbocycles. The van der Waals surface area contributed by atoms with E-state index in [1.54, 1.807) is 6.07 Å². The quantitative estimate of drug-likeness (QED) is 0.830. The van der Waals surface area contributed by atoms with Crippen LogP contribution in [0.3, 0.4) is 0 Å². The maximum atomic E-state index is 11.7. The van der Waals surface area contributed by atoms with Gasteiger partial charge in [-0.1, -0.05) is 22.9 Å². The van der Waals surface area contributed by atoms with Crippen LogP contribution >= 0.6 is 15.9 Å². The van der Waals surface area contributed by atoms with Crippen molar-refractivity contribution in [3.63, 3.8) is 0 Å². The van der Waals surface area contributed by atoms with E-state index in [1.165, 1.54) is 0 Å². The van der Waals surface area contributed by atoms with Crippen LogP contribution in [0.15, 0.2) is 16.6 Å². The lowest BCUT2D eigenvalue weighted by Crippen LogP contribution is -2.25. The molecule has 0 unspecified atom stereocenters. The average molecular weight is 271 g/mol. The molecule has 0 aliphatic carbocycles. The van der Waals surface area contributed by atoms with Crippen molar-refractivity contribution in [3.05, 3.63) is 27.7 Å². The summed E-state index contributed by atoms with van der Waals surface area (Å²) in [6.45, 7) is 4.57. The van der Waals surface area contributed by atoms with Crippen molar-refractivity contribution < 1.29 is 4.79 Å². The monoisotopic (exact) mass is 270 g/mol. The van der Waals surface area contributed by atoms with E-state index in [9.17, 15) is 4.79 Å². The Balaban J connectivity index is 2.98. The summed E-state index contributed by atoms with van der Waals surface area (Å²) in [5.41, 5.74) is 7.84. The maximum Gasteiger partial charge on any atom is 0.253 e. The van der Waals surface area contributed by atoms with Crippen molar-refractivity contribution in [2.24, 2.45) is 0 Å². The fourth-order valence-electron chi connectivity index (χ4n) is 1.28. The van der Waals surface area contributed by atoms with Gasteiger partial charge in [0.1, 0.15) is 0 Å². The highest BCUT2D eigenvalue weighted by molar-refractivity contribution is 9.10. The third-order valence-corrected chi connectivity index (χ3v) is 2.59. The van der Waals surface area contributed by atoms with Crippen molar-refractivity contribution >= 4 is 27.5 Å². The first-order chi connectivity index (χ1) is 7.06. The molecule has 3 nitrogen and oxygen atoms in total. The van der Waals surface area contributed by atoms with Gasteiger partial charge in [-0.2, -0.15) is 0 Å². The molecule has 82 valence electrons. The van der Waals surface area contributed by atoms with Crippen LogP contribution in [0.5, 0.6) is 0 Å². The molecule has 0 aliphatic rings. The second-order valence-electron chi connectivity index (χ2n) is 3.44. The van der Waals surface area contributed by atoms with E-state index in [4.69, 9.17) is 5.73 Å². The Labute approximate surface area is 98.2 Å². The van der Waals surface area contributed by atoms with Gasteiger partial charge in [0, 0.05) is 16.7 Å². The number of halogens is 1. The molecule has 0 radical (unpaired) electrons. The van der Waals surface area contributed by atoms with Gasteiger partial charge in [0.15, 0.2) is 0 Å². The molecule has 4 heteroatoms. The predicted octanol–water partition coefficient (Wildman–Crippen LogP) is 2.48. The molecule has 1 amide bonds. The second-order valence-corrected chi connectivity index (χ2v) is 4.36. The Hall–Kier alpha value is -1.03. The van der Waals surface area contributed by atoms with Gasteiger partial charge in [-0.25, -0.2) is 0 Å². The van der Waals surface area contributed by atoms with Crippen molar-refractivity contribution in [2.45, 2.75) is 20.3 Å². The Morgan fingerprint density at radius 1 is 1.53 bits per heavy atom. The van der Waals surface area contributed by atoms with Crippen LogP contribution in [0, 0.1) is 6.92 Å². The highest BCUT2D eigenvalue weighted by atomic mass is 79.9. The second kappa shape index (κ2) is 5.16. The standard InChI is InChI=1S/C11H15BrN2O/c1-3-4-14-11(15)9-6-8(12)5-7(2)10(9)13/h5-6H,3-4,13H2,1-2H3,(H,14,15). The third kappa shape index (κ3) is 2.96. The van der Waals surface area contributed by atoms with E-state index in [-0.39, 0.29) is 5.91 Å². The Bertz CT molecular complexity index is 377. The van der Waals surface area contributed by atoms with Gasteiger partial charge >= 0.3 is 0 Å². The van der Waals surface area contributed by atoms with Crippen LogP contribution in [-0.4, -0.2) is 12.5 Å². The largest absolute Gasteiger partial charge is 0.398 e. The SMILES string of the molecule is CCCNC(=O)c1cc(Br)cc(C)c1N. The summed E-state index contributed by atoms with van der Waals surface area (Å²) in [7, 11) is 0. The normalized spacial score (nSPS) is 10.1. The molecule has 0 atom stereocenters. The van der Waals surface area contributed by atoms with E-state index in [0.717, 1.165) is 16.5 Å². The predicted molar refractivity (Wildman–Crippen MR) is 65.9 cm³/mol. The summed E-state index contributed by atoms with van der Waals surface area (Å²) in [5.74, 6) is -0.112. The molecule has 3 N–H and O–H groups in total. The van der Waals surface area contributed by atoms with Gasteiger partial charge in [-0.3, -0.25) is 4.79 Å². The first-order valence-corrected chi connectivity index (χ1v) is 5.69. The minimum absolute atomic E-state index is 0.112. The molecule has 0 fully saturated rings. The number of hydrogen-bond acceptors (Lipinski definition) is 2. The molecule has 0 aliphatic heterocycles. The van der Waals surface area contributed by atoms with E-state index in [2.05, 4.69) is 21.2 Å². The molecule has 1 rings (SSSR count). The molecule has 0 spiro atoms. The molecule has 0 bridgehead atoms. The number of benzene rings is 1. The van der Waals surface area contributed by atoms with Gasteiger partial charge in [-0.05, 0) is 31.0 Å². The van der Waals surface area contributed by atoms with Crippen molar-refractivity contribution in [1.29, 1.82) is 0 Å². The molecule has 0 aromatic heterocycles. The number of carbonyl (C=O) groups is 1. The molecular formula is C11H15BrN2O. The topological polar surface area (TPSA) is 55.1 Å². The minimum atomic E-state index is -0.112. The molecule has 15 heavy (non-hydrogen) atoms. The van der Waals surface area contributed by atoms with E-state index < -0.39 is 0 Å². The highest BCUT2D eigenvalue weighted by Gasteiger charge is 2.11. The zero-order chi connectivity index (χ0) is 11.4. The van der Waals surface area contributed by atoms with Crippen LogP contribution in [0.2, 0.25) is 0 Å². The van der Waals surface area contributed by atoms with Gasteiger partial charge < -0.3 is 11.1 Å². The highest BCUT2D eigenvalue weighted by Crippen LogP contribution is 2.22. The molecule has 1 aromatic rings. The van der Waals surface area contributed by atoms with Gasteiger partial charge in [0.25, 0.3) is 5.91 Å². The molecular weight excluding hydrogens is 256 g/mol. The number of amides is 1. The van der Waals surface area contributed by atoms with Crippen molar-refractivity contribution in [3.8, 4) is 0 Å². The number of aryl methyl sites for hydroxylation is 1. The summed E-state index contributed by atoms with van der Waals surface area (Å²) in [5, 5.41) is 2.80. The van der Waals surface area contributed by atoms with E-state index >= 15 is 0 Å². The van der Waals surface area contributed by atoms with E-state index in [1.807, 2.05) is 19.9 Å². The summed E-state index contributed by atoms with van der Waals surface area (Å²) in [6.07, 6.45) is 0.915. The van der Waals surface area contributed by atoms with Crippen LogP contribution in [0.25, 0.3) is 0 Å². The van der Waals surface area contributed by atoms with Crippen molar-refractivity contribution in [2.75, 3.05) is 12.3 Å². The van der Waals surface area contributed by atoms with Crippen molar-refractivity contribution in [1.82, 2.24) is 5.32 Å². The third-order valence-electron chi connectivity index (χ3n) is 2.13. The van der Waals surface area contributed by atoms with Crippen LogP contribution in [0.1, 0.15) is 29.3 Å². The Morgan fingerprint density at radius 2 is 2.20 bits per heavy atom.